The molecule has 0 radical (unpaired) electrons. The molecule has 0 fully saturated rings. The molecule has 2 rings (SSSR count). The highest BCUT2D eigenvalue weighted by Gasteiger charge is 2.11. The minimum absolute atomic E-state index is 0.125. The van der Waals surface area contributed by atoms with E-state index in [-0.39, 0.29) is 11.5 Å². The van der Waals surface area contributed by atoms with Gasteiger partial charge in [-0.05, 0) is 19.1 Å². The summed E-state index contributed by atoms with van der Waals surface area (Å²) in [5.41, 5.74) is 1.02. The van der Waals surface area contributed by atoms with Crippen LogP contribution in [-0.4, -0.2) is 17.5 Å². The predicted molar refractivity (Wildman–Crippen MR) is 75.7 cm³/mol. The number of rotatable bonds is 4. The molecular formula is C16H13NO3. The normalized spacial score (nSPS) is 10.9. The van der Waals surface area contributed by atoms with Crippen molar-refractivity contribution in [2.24, 2.45) is 5.16 Å². The second-order valence-electron chi connectivity index (χ2n) is 4.12. The third kappa shape index (κ3) is 3.38. The Balaban J connectivity index is 2.05. The molecule has 0 atom stereocenters. The van der Waals surface area contributed by atoms with Crippen LogP contribution in [-0.2, 0) is 4.84 Å². The van der Waals surface area contributed by atoms with Crippen molar-refractivity contribution in [2.45, 2.75) is 6.92 Å². The van der Waals surface area contributed by atoms with Crippen molar-refractivity contribution >= 4 is 17.5 Å². The molecular weight excluding hydrogens is 254 g/mol. The molecule has 0 unspecified atom stereocenters. The number of hydrogen-bond acceptors (Lipinski definition) is 4. The lowest BCUT2D eigenvalue weighted by Gasteiger charge is -2.01. The Morgan fingerprint density at radius 3 is 1.90 bits per heavy atom. The van der Waals surface area contributed by atoms with Crippen LogP contribution in [0.3, 0.4) is 0 Å². The van der Waals surface area contributed by atoms with Crippen LogP contribution in [0.5, 0.6) is 0 Å². The first kappa shape index (κ1) is 13.7. The molecule has 0 saturated heterocycles. The Bertz CT molecular complexity index is 633. The maximum absolute atomic E-state index is 12.0. The lowest BCUT2D eigenvalue weighted by molar-refractivity contribution is 0.0515. The summed E-state index contributed by atoms with van der Waals surface area (Å²) in [6.07, 6.45) is 0. The lowest BCUT2D eigenvalue weighted by Crippen LogP contribution is -2.12. The highest BCUT2D eigenvalue weighted by molar-refractivity contribution is 6.45. The zero-order chi connectivity index (χ0) is 14.4. The van der Waals surface area contributed by atoms with Gasteiger partial charge < -0.3 is 4.84 Å². The van der Waals surface area contributed by atoms with Crippen molar-refractivity contribution in [3.63, 3.8) is 0 Å². The molecule has 0 aliphatic carbocycles. The van der Waals surface area contributed by atoms with Crippen LogP contribution >= 0.6 is 0 Å². The molecule has 0 bridgehead atoms. The molecule has 0 aliphatic heterocycles. The summed E-state index contributed by atoms with van der Waals surface area (Å²) >= 11 is 0. The number of carbonyl (C=O) groups excluding carboxylic acids is 2. The Morgan fingerprint density at radius 1 is 0.850 bits per heavy atom. The highest BCUT2D eigenvalue weighted by atomic mass is 16.7. The minimum Gasteiger partial charge on any atom is -0.312 e. The standard InChI is InChI=1S/C16H13NO3/c1-12(15(18)13-8-4-2-5-9-13)17-20-16(19)14-10-6-3-7-11-14/h2-11H,1H3. The first-order chi connectivity index (χ1) is 9.68. The van der Waals surface area contributed by atoms with Crippen molar-refractivity contribution in [3.8, 4) is 0 Å². The van der Waals surface area contributed by atoms with Gasteiger partial charge in [0.1, 0.15) is 5.71 Å². The topological polar surface area (TPSA) is 55.7 Å². The molecule has 0 spiro atoms. The molecule has 0 aromatic heterocycles. The Hall–Kier alpha value is -2.75. The fraction of sp³-hybridized carbons (Fsp3) is 0.0625. The molecule has 4 heteroatoms. The van der Waals surface area contributed by atoms with E-state index < -0.39 is 5.97 Å². The van der Waals surface area contributed by atoms with E-state index in [0.29, 0.717) is 11.1 Å². The zero-order valence-electron chi connectivity index (χ0n) is 10.9. The zero-order valence-corrected chi connectivity index (χ0v) is 10.9. The summed E-state index contributed by atoms with van der Waals surface area (Å²) in [6.45, 7) is 1.51. The van der Waals surface area contributed by atoms with Gasteiger partial charge in [-0.25, -0.2) is 4.79 Å². The molecule has 0 saturated carbocycles. The molecule has 4 nitrogen and oxygen atoms in total. The largest absolute Gasteiger partial charge is 0.365 e. The maximum atomic E-state index is 12.0. The Morgan fingerprint density at radius 2 is 1.35 bits per heavy atom. The van der Waals surface area contributed by atoms with Gasteiger partial charge in [0, 0.05) is 5.56 Å². The Kier molecular flexibility index (Phi) is 4.39. The number of nitrogens with zero attached hydrogens (tertiary/aromatic N) is 1. The summed E-state index contributed by atoms with van der Waals surface area (Å²) in [5.74, 6) is -0.864. The van der Waals surface area contributed by atoms with Crippen molar-refractivity contribution in [1.82, 2.24) is 0 Å². The van der Waals surface area contributed by atoms with Gasteiger partial charge >= 0.3 is 5.97 Å². The van der Waals surface area contributed by atoms with Gasteiger partial charge in [0.15, 0.2) is 0 Å². The average molecular weight is 267 g/mol. The molecule has 100 valence electrons. The van der Waals surface area contributed by atoms with Crippen molar-refractivity contribution in [1.29, 1.82) is 0 Å². The van der Waals surface area contributed by atoms with Gasteiger partial charge in [0.2, 0.25) is 5.78 Å². The Labute approximate surface area is 116 Å². The van der Waals surface area contributed by atoms with E-state index in [4.69, 9.17) is 4.84 Å². The summed E-state index contributed by atoms with van der Waals surface area (Å²) < 4.78 is 0. The van der Waals surface area contributed by atoms with E-state index in [1.54, 1.807) is 54.6 Å². The third-order valence-corrected chi connectivity index (χ3v) is 2.64. The summed E-state index contributed by atoms with van der Waals surface area (Å²) in [7, 11) is 0. The van der Waals surface area contributed by atoms with Gasteiger partial charge in [-0.15, -0.1) is 0 Å². The molecule has 0 amide bonds. The van der Waals surface area contributed by atoms with E-state index in [2.05, 4.69) is 5.16 Å². The number of benzene rings is 2. The van der Waals surface area contributed by atoms with Crippen molar-refractivity contribution in [2.75, 3.05) is 0 Å². The highest BCUT2D eigenvalue weighted by Crippen LogP contribution is 2.04. The number of Topliss-reactive ketones (excluding diaryl/α,β-unsaturated/α-hetero) is 1. The number of hydrogen-bond donors (Lipinski definition) is 0. The molecule has 2 aromatic carbocycles. The average Bonchev–Trinajstić information content (AvgIpc) is 2.53. The quantitative estimate of drug-likeness (QED) is 0.370. The van der Waals surface area contributed by atoms with Gasteiger partial charge in [0.05, 0.1) is 5.56 Å². The van der Waals surface area contributed by atoms with Gasteiger partial charge in [-0.2, -0.15) is 0 Å². The fourth-order valence-corrected chi connectivity index (χ4v) is 1.58. The van der Waals surface area contributed by atoms with E-state index in [1.165, 1.54) is 6.92 Å². The van der Waals surface area contributed by atoms with Crippen LogP contribution in [0.15, 0.2) is 65.8 Å². The van der Waals surface area contributed by atoms with Crippen LogP contribution < -0.4 is 0 Å². The summed E-state index contributed by atoms with van der Waals surface area (Å²) in [5, 5.41) is 3.59. The monoisotopic (exact) mass is 267 g/mol. The summed E-state index contributed by atoms with van der Waals surface area (Å²) in [6, 6.07) is 17.2. The van der Waals surface area contributed by atoms with Gasteiger partial charge in [0.25, 0.3) is 0 Å². The lowest BCUT2D eigenvalue weighted by atomic mass is 10.1. The second-order valence-corrected chi connectivity index (χ2v) is 4.12. The van der Waals surface area contributed by atoms with Crippen LogP contribution in [0.25, 0.3) is 0 Å². The number of carbonyl (C=O) groups is 2. The van der Waals surface area contributed by atoms with Crippen LogP contribution in [0.4, 0.5) is 0 Å². The molecule has 0 heterocycles. The van der Waals surface area contributed by atoms with E-state index in [9.17, 15) is 9.59 Å². The minimum atomic E-state index is -0.592. The first-order valence-corrected chi connectivity index (χ1v) is 6.09. The van der Waals surface area contributed by atoms with Crippen LogP contribution in [0.1, 0.15) is 27.6 Å². The molecule has 2 aromatic rings. The SMILES string of the molecule is CC(=NOC(=O)c1ccccc1)C(=O)c1ccccc1. The van der Waals surface area contributed by atoms with E-state index in [0.717, 1.165) is 0 Å². The molecule has 20 heavy (non-hydrogen) atoms. The maximum Gasteiger partial charge on any atom is 0.365 e. The van der Waals surface area contributed by atoms with Crippen LogP contribution in [0.2, 0.25) is 0 Å². The van der Waals surface area contributed by atoms with E-state index >= 15 is 0 Å². The second kappa shape index (κ2) is 6.43. The third-order valence-electron chi connectivity index (χ3n) is 2.64. The summed E-state index contributed by atoms with van der Waals surface area (Å²) in [4.78, 5) is 28.4. The predicted octanol–water partition coefficient (Wildman–Crippen LogP) is 3.10. The number of ketones is 1. The van der Waals surface area contributed by atoms with Crippen LogP contribution in [0, 0.1) is 0 Å². The van der Waals surface area contributed by atoms with E-state index in [1.807, 2.05) is 6.07 Å². The van der Waals surface area contributed by atoms with Gasteiger partial charge in [-0.1, -0.05) is 53.7 Å². The van der Waals surface area contributed by atoms with Gasteiger partial charge in [-0.3, -0.25) is 4.79 Å². The first-order valence-electron chi connectivity index (χ1n) is 6.09. The fourth-order valence-electron chi connectivity index (χ4n) is 1.58. The molecule has 0 aliphatic rings. The van der Waals surface area contributed by atoms with Crippen molar-refractivity contribution in [3.05, 3.63) is 71.8 Å². The smallest absolute Gasteiger partial charge is 0.312 e. The van der Waals surface area contributed by atoms with Crippen molar-refractivity contribution < 1.29 is 14.4 Å². The molecule has 0 N–H and O–H groups in total. The number of oxime groups is 1.